The van der Waals surface area contributed by atoms with E-state index in [-0.39, 0.29) is 43.0 Å². The minimum Gasteiger partial charge on any atom is -0.352 e. The Balaban J connectivity index is 0.00000300. The second kappa shape index (κ2) is 9.95. The van der Waals surface area contributed by atoms with Crippen LogP contribution in [0.2, 0.25) is 0 Å². The van der Waals surface area contributed by atoms with Crippen molar-refractivity contribution in [3.8, 4) is 0 Å². The van der Waals surface area contributed by atoms with Crippen molar-refractivity contribution in [1.29, 1.82) is 0 Å². The van der Waals surface area contributed by atoms with E-state index in [4.69, 9.17) is 0 Å². The summed E-state index contributed by atoms with van der Waals surface area (Å²) in [6.45, 7) is 0.830. The van der Waals surface area contributed by atoms with Crippen molar-refractivity contribution < 1.29 is 18.0 Å². The van der Waals surface area contributed by atoms with Gasteiger partial charge in [-0.1, -0.05) is 30.3 Å². The van der Waals surface area contributed by atoms with Crippen molar-refractivity contribution in [1.82, 2.24) is 10.6 Å². The minimum absolute atomic E-state index is 0. The molecule has 1 amide bonds. The summed E-state index contributed by atoms with van der Waals surface area (Å²) in [5, 5.41) is 5.85. The molecule has 2 N–H and O–H groups in total. The van der Waals surface area contributed by atoms with Gasteiger partial charge in [-0.2, -0.15) is 13.2 Å². The second-order valence-electron chi connectivity index (χ2n) is 6.40. The quantitative estimate of drug-likeness (QED) is 0.370. The Hall–Kier alpha value is -2.30. The lowest BCUT2D eigenvalue weighted by molar-refractivity contribution is -0.137. The van der Waals surface area contributed by atoms with E-state index in [1.54, 1.807) is 11.0 Å². The maximum atomic E-state index is 12.8. The van der Waals surface area contributed by atoms with Crippen LogP contribution in [0, 0.1) is 0 Å². The largest absolute Gasteiger partial charge is 0.416 e. The number of rotatable bonds is 4. The van der Waals surface area contributed by atoms with Gasteiger partial charge >= 0.3 is 6.18 Å². The number of carbonyl (C=O) groups excluding carboxylic acids is 1. The first-order valence-electron chi connectivity index (χ1n) is 8.87. The van der Waals surface area contributed by atoms with Gasteiger partial charge in [-0.05, 0) is 35.7 Å². The molecule has 0 bridgehead atoms. The lowest BCUT2D eigenvalue weighted by atomic mass is 10.1. The number of para-hydroxylation sites is 1. The Morgan fingerprint density at radius 3 is 2.62 bits per heavy atom. The molecule has 0 aromatic heterocycles. The van der Waals surface area contributed by atoms with Gasteiger partial charge in [0.25, 0.3) is 0 Å². The van der Waals surface area contributed by atoms with E-state index in [9.17, 15) is 18.0 Å². The van der Waals surface area contributed by atoms with Crippen molar-refractivity contribution in [3.05, 3.63) is 65.2 Å². The highest BCUT2D eigenvalue weighted by Gasteiger charge is 2.30. The summed E-state index contributed by atoms with van der Waals surface area (Å²) in [5.74, 6) is 0.255. The van der Waals surface area contributed by atoms with E-state index >= 15 is 0 Å². The third kappa shape index (κ3) is 5.84. The molecule has 156 valence electrons. The van der Waals surface area contributed by atoms with Gasteiger partial charge in [-0.3, -0.25) is 9.79 Å². The summed E-state index contributed by atoms with van der Waals surface area (Å²) >= 11 is 0. The predicted octanol–water partition coefficient (Wildman–Crippen LogP) is 3.58. The number of hydrogen-bond donors (Lipinski definition) is 2. The van der Waals surface area contributed by atoms with Crippen LogP contribution < -0.4 is 15.5 Å². The molecule has 0 spiro atoms. The topological polar surface area (TPSA) is 56.7 Å². The Bertz CT molecular complexity index is 886. The van der Waals surface area contributed by atoms with Crippen LogP contribution in [0.4, 0.5) is 18.9 Å². The summed E-state index contributed by atoms with van der Waals surface area (Å²) in [7, 11) is 1.54. The van der Waals surface area contributed by atoms with E-state index in [0.717, 1.165) is 29.8 Å². The molecule has 3 rings (SSSR count). The molecule has 2 aromatic carbocycles. The highest BCUT2D eigenvalue weighted by Crippen LogP contribution is 2.29. The normalized spacial score (nSPS) is 13.5. The molecular formula is C20H22F3IN4O. The zero-order chi connectivity index (χ0) is 20.1. The van der Waals surface area contributed by atoms with Crippen molar-refractivity contribution in [3.63, 3.8) is 0 Å². The first-order valence-corrected chi connectivity index (χ1v) is 8.87. The van der Waals surface area contributed by atoms with E-state index < -0.39 is 11.7 Å². The van der Waals surface area contributed by atoms with Crippen LogP contribution >= 0.6 is 24.0 Å². The zero-order valence-electron chi connectivity index (χ0n) is 15.8. The summed E-state index contributed by atoms with van der Waals surface area (Å²) < 4.78 is 38.4. The standard InChI is InChI=1S/C20H21F3N4O.HI/c1-24-19(25-12-14-5-4-7-16(11-14)20(21,22)23)26-13-18(28)27-10-9-15-6-2-3-8-17(15)27;/h2-8,11H,9-10,12-13H2,1H3,(H2,24,25,26);1H. The zero-order valence-corrected chi connectivity index (χ0v) is 18.1. The lowest BCUT2D eigenvalue weighted by Crippen LogP contribution is -2.44. The number of nitrogens with zero attached hydrogens (tertiary/aromatic N) is 2. The van der Waals surface area contributed by atoms with Crippen LogP contribution in [0.5, 0.6) is 0 Å². The summed E-state index contributed by atoms with van der Waals surface area (Å²) in [4.78, 5) is 18.3. The van der Waals surface area contributed by atoms with Crippen LogP contribution in [0.1, 0.15) is 16.7 Å². The van der Waals surface area contributed by atoms with Crippen LogP contribution in [-0.4, -0.2) is 32.0 Å². The number of carbonyl (C=O) groups is 1. The van der Waals surface area contributed by atoms with Gasteiger partial charge in [-0.15, -0.1) is 24.0 Å². The van der Waals surface area contributed by atoms with Crippen LogP contribution in [0.25, 0.3) is 0 Å². The van der Waals surface area contributed by atoms with Gasteiger partial charge in [0.15, 0.2) is 5.96 Å². The highest BCUT2D eigenvalue weighted by molar-refractivity contribution is 14.0. The molecule has 2 aromatic rings. The molecular weight excluding hydrogens is 496 g/mol. The SMILES string of the molecule is CN=C(NCC(=O)N1CCc2ccccc21)NCc1cccc(C(F)(F)F)c1.I. The maximum absolute atomic E-state index is 12.8. The summed E-state index contributed by atoms with van der Waals surface area (Å²) in [5.41, 5.74) is 1.83. The van der Waals surface area contributed by atoms with Gasteiger partial charge in [0.05, 0.1) is 12.1 Å². The number of hydrogen-bond acceptors (Lipinski definition) is 2. The first-order chi connectivity index (χ1) is 13.4. The Morgan fingerprint density at radius 2 is 1.90 bits per heavy atom. The molecule has 9 heteroatoms. The molecule has 0 atom stereocenters. The fraction of sp³-hybridized carbons (Fsp3) is 0.300. The molecule has 0 aliphatic carbocycles. The van der Waals surface area contributed by atoms with Gasteiger partial charge in [0.1, 0.15) is 0 Å². The van der Waals surface area contributed by atoms with Crippen molar-refractivity contribution in [2.75, 3.05) is 25.0 Å². The molecule has 1 aliphatic rings. The van der Waals surface area contributed by atoms with E-state index in [1.165, 1.54) is 13.1 Å². The number of alkyl halides is 3. The Labute approximate surface area is 184 Å². The van der Waals surface area contributed by atoms with E-state index in [1.807, 2.05) is 24.3 Å². The molecule has 0 saturated heterocycles. The highest BCUT2D eigenvalue weighted by atomic mass is 127. The number of nitrogens with one attached hydrogen (secondary N) is 2. The molecule has 1 heterocycles. The third-order valence-corrected chi connectivity index (χ3v) is 4.53. The average molecular weight is 518 g/mol. The fourth-order valence-electron chi connectivity index (χ4n) is 3.12. The van der Waals surface area contributed by atoms with Gasteiger partial charge in [0.2, 0.25) is 5.91 Å². The first kappa shape index (κ1) is 23.0. The smallest absolute Gasteiger partial charge is 0.352 e. The number of halogens is 4. The molecule has 1 aliphatic heterocycles. The summed E-state index contributed by atoms with van der Waals surface area (Å²) in [6, 6.07) is 12.9. The average Bonchev–Trinajstić information content (AvgIpc) is 3.12. The monoisotopic (exact) mass is 518 g/mol. The molecule has 0 unspecified atom stereocenters. The van der Waals surface area contributed by atoms with Crippen LogP contribution in [0.3, 0.4) is 0 Å². The predicted molar refractivity (Wildman–Crippen MR) is 118 cm³/mol. The molecule has 0 saturated carbocycles. The molecule has 29 heavy (non-hydrogen) atoms. The number of aliphatic imine (C=N–C) groups is 1. The number of fused-ring (bicyclic) bond motifs is 1. The van der Waals surface area contributed by atoms with Crippen LogP contribution in [-0.2, 0) is 23.9 Å². The molecule has 5 nitrogen and oxygen atoms in total. The third-order valence-electron chi connectivity index (χ3n) is 4.53. The number of guanidine groups is 1. The number of benzene rings is 2. The number of anilines is 1. The second-order valence-corrected chi connectivity index (χ2v) is 6.40. The van der Waals surface area contributed by atoms with Crippen molar-refractivity contribution in [2.24, 2.45) is 4.99 Å². The Kier molecular flexibility index (Phi) is 7.88. The van der Waals surface area contributed by atoms with E-state index in [0.29, 0.717) is 18.1 Å². The lowest BCUT2D eigenvalue weighted by Gasteiger charge is -2.19. The summed E-state index contributed by atoms with van der Waals surface area (Å²) in [6.07, 6.45) is -3.56. The molecule has 0 fully saturated rings. The minimum atomic E-state index is -4.38. The van der Waals surface area contributed by atoms with Crippen LogP contribution in [0.15, 0.2) is 53.5 Å². The van der Waals surface area contributed by atoms with Crippen molar-refractivity contribution >= 4 is 41.5 Å². The Morgan fingerprint density at radius 1 is 1.14 bits per heavy atom. The number of amides is 1. The van der Waals surface area contributed by atoms with Gasteiger partial charge in [-0.25, -0.2) is 0 Å². The fourth-order valence-corrected chi connectivity index (χ4v) is 3.12. The van der Waals surface area contributed by atoms with Gasteiger partial charge in [0, 0.05) is 25.8 Å². The molecule has 0 radical (unpaired) electrons. The van der Waals surface area contributed by atoms with Gasteiger partial charge < -0.3 is 15.5 Å². The van der Waals surface area contributed by atoms with E-state index in [2.05, 4.69) is 15.6 Å². The van der Waals surface area contributed by atoms with Crippen molar-refractivity contribution in [2.45, 2.75) is 19.1 Å². The maximum Gasteiger partial charge on any atom is 0.416 e.